The first kappa shape index (κ1) is 14.9. The molecule has 4 N–H and O–H groups in total. The van der Waals surface area contributed by atoms with Crippen molar-refractivity contribution in [3.05, 3.63) is 52.0 Å². The molecule has 2 aromatic rings. The van der Waals surface area contributed by atoms with Gasteiger partial charge in [-0.15, -0.1) is 0 Å². The number of anilines is 3. The highest BCUT2D eigenvalue weighted by atomic mass is 79.9. The van der Waals surface area contributed by atoms with Crippen LogP contribution < -0.4 is 16.4 Å². The molecule has 0 aliphatic carbocycles. The van der Waals surface area contributed by atoms with E-state index < -0.39 is 0 Å². The number of carbonyl (C=O) groups is 1. The number of benzene rings is 2. The number of hydrogen-bond donors (Lipinski definition) is 3. The topological polar surface area (TPSA) is 90.9 Å². The van der Waals surface area contributed by atoms with Gasteiger partial charge in [-0.2, -0.15) is 5.26 Å². The number of nitrogen functional groups attached to an aromatic ring is 1. The highest BCUT2D eigenvalue weighted by Crippen LogP contribution is 2.28. The van der Waals surface area contributed by atoms with Gasteiger partial charge in [0.25, 0.3) is 5.91 Å². The third kappa shape index (κ3) is 3.33. The summed E-state index contributed by atoms with van der Waals surface area (Å²) in [7, 11) is 1.56. The number of nitriles is 1. The maximum atomic E-state index is 11.5. The van der Waals surface area contributed by atoms with Crippen molar-refractivity contribution in [3.8, 4) is 6.07 Å². The standard InChI is InChI=1S/C15H13BrN4O/c1-19-15(21)9-3-5-13(12(18)6-9)20-14-7-11(16)4-2-10(14)8-17/h2-7,20H,18H2,1H3,(H,19,21). The maximum absolute atomic E-state index is 11.5. The van der Waals surface area contributed by atoms with Gasteiger partial charge in [0.15, 0.2) is 0 Å². The van der Waals surface area contributed by atoms with E-state index in [9.17, 15) is 4.79 Å². The molecule has 0 atom stereocenters. The molecule has 0 spiro atoms. The van der Waals surface area contributed by atoms with Crippen LogP contribution in [0.5, 0.6) is 0 Å². The molecule has 0 aromatic heterocycles. The van der Waals surface area contributed by atoms with Crippen LogP contribution >= 0.6 is 15.9 Å². The molecule has 0 radical (unpaired) electrons. The quantitative estimate of drug-likeness (QED) is 0.746. The van der Waals surface area contributed by atoms with E-state index >= 15 is 0 Å². The number of amides is 1. The summed E-state index contributed by atoms with van der Waals surface area (Å²) >= 11 is 3.36. The molecule has 0 unspecified atom stereocenters. The maximum Gasteiger partial charge on any atom is 0.251 e. The van der Waals surface area contributed by atoms with Gasteiger partial charge in [0.2, 0.25) is 0 Å². The molecule has 21 heavy (non-hydrogen) atoms. The fourth-order valence-corrected chi connectivity index (χ4v) is 2.19. The van der Waals surface area contributed by atoms with Crippen molar-refractivity contribution < 1.29 is 4.79 Å². The zero-order chi connectivity index (χ0) is 15.4. The number of carbonyl (C=O) groups excluding carboxylic acids is 1. The van der Waals surface area contributed by atoms with Crippen LogP contribution in [0.4, 0.5) is 17.1 Å². The minimum Gasteiger partial charge on any atom is -0.397 e. The highest BCUT2D eigenvalue weighted by molar-refractivity contribution is 9.10. The van der Waals surface area contributed by atoms with E-state index in [4.69, 9.17) is 11.0 Å². The van der Waals surface area contributed by atoms with Crippen LogP contribution in [0.3, 0.4) is 0 Å². The first-order valence-electron chi connectivity index (χ1n) is 6.13. The second-order valence-electron chi connectivity index (χ2n) is 4.31. The van der Waals surface area contributed by atoms with Gasteiger partial charge in [-0.05, 0) is 36.4 Å². The second-order valence-corrected chi connectivity index (χ2v) is 5.22. The normalized spacial score (nSPS) is 9.76. The summed E-state index contributed by atoms with van der Waals surface area (Å²) in [5.74, 6) is -0.201. The minimum absolute atomic E-state index is 0.201. The average molecular weight is 345 g/mol. The van der Waals surface area contributed by atoms with Crippen molar-refractivity contribution >= 4 is 38.9 Å². The lowest BCUT2D eigenvalue weighted by molar-refractivity contribution is 0.0963. The van der Waals surface area contributed by atoms with Gasteiger partial charge in [0.1, 0.15) is 6.07 Å². The van der Waals surface area contributed by atoms with Crippen molar-refractivity contribution in [2.24, 2.45) is 0 Å². The van der Waals surface area contributed by atoms with Gasteiger partial charge >= 0.3 is 0 Å². The van der Waals surface area contributed by atoms with Gasteiger partial charge in [0, 0.05) is 17.1 Å². The molecule has 0 bridgehead atoms. The summed E-state index contributed by atoms with van der Waals surface area (Å²) in [6, 6.07) is 12.4. The lowest BCUT2D eigenvalue weighted by atomic mass is 10.1. The van der Waals surface area contributed by atoms with E-state index in [1.54, 1.807) is 43.4 Å². The average Bonchev–Trinajstić information content (AvgIpc) is 2.48. The Morgan fingerprint density at radius 3 is 2.62 bits per heavy atom. The summed E-state index contributed by atoms with van der Waals surface area (Å²) in [6.45, 7) is 0. The second kappa shape index (κ2) is 6.29. The molecule has 0 aliphatic heterocycles. The fourth-order valence-electron chi connectivity index (χ4n) is 1.82. The molecule has 106 valence electrons. The number of nitrogens with one attached hydrogen (secondary N) is 2. The molecule has 5 nitrogen and oxygen atoms in total. The number of nitrogens with zero attached hydrogens (tertiary/aromatic N) is 1. The zero-order valence-electron chi connectivity index (χ0n) is 11.3. The summed E-state index contributed by atoms with van der Waals surface area (Å²) in [6.07, 6.45) is 0. The number of hydrogen-bond acceptors (Lipinski definition) is 4. The molecule has 0 saturated heterocycles. The third-order valence-corrected chi connectivity index (χ3v) is 3.41. The SMILES string of the molecule is CNC(=O)c1ccc(Nc2cc(Br)ccc2C#N)c(N)c1. The molecule has 2 rings (SSSR count). The molecule has 1 amide bonds. The minimum atomic E-state index is -0.201. The lowest BCUT2D eigenvalue weighted by Gasteiger charge is -2.12. The third-order valence-electron chi connectivity index (χ3n) is 2.91. The molecule has 0 aliphatic rings. The fraction of sp³-hybridized carbons (Fsp3) is 0.0667. The molecule has 0 saturated carbocycles. The predicted octanol–water partition coefficient (Wildman–Crippen LogP) is 3.01. The van der Waals surface area contributed by atoms with Gasteiger partial charge in [0.05, 0.1) is 22.6 Å². The highest BCUT2D eigenvalue weighted by Gasteiger charge is 2.09. The smallest absolute Gasteiger partial charge is 0.251 e. The van der Waals surface area contributed by atoms with Crippen molar-refractivity contribution in [1.82, 2.24) is 5.32 Å². The monoisotopic (exact) mass is 344 g/mol. The van der Waals surface area contributed by atoms with Crippen molar-refractivity contribution in [2.75, 3.05) is 18.1 Å². The van der Waals surface area contributed by atoms with Crippen LogP contribution in [0.1, 0.15) is 15.9 Å². The Labute approximate surface area is 130 Å². The lowest BCUT2D eigenvalue weighted by Crippen LogP contribution is -2.18. The number of nitrogens with two attached hydrogens (primary N) is 1. The van der Waals surface area contributed by atoms with Gasteiger partial charge in [-0.1, -0.05) is 15.9 Å². The Bertz CT molecular complexity index is 737. The van der Waals surface area contributed by atoms with Crippen LogP contribution in [0.15, 0.2) is 40.9 Å². The van der Waals surface area contributed by atoms with E-state index in [0.29, 0.717) is 28.2 Å². The van der Waals surface area contributed by atoms with E-state index in [-0.39, 0.29) is 5.91 Å². The van der Waals surface area contributed by atoms with Crippen molar-refractivity contribution in [2.45, 2.75) is 0 Å². The van der Waals surface area contributed by atoms with Crippen LogP contribution in [0.25, 0.3) is 0 Å². The predicted molar refractivity (Wildman–Crippen MR) is 86.4 cm³/mol. The van der Waals surface area contributed by atoms with E-state index in [1.165, 1.54) is 0 Å². The van der Waals surface area contributed by atoms with Gasteiger partial charge in [-0.3, -0.25) is 4.79 Å². The van der Waals surface area contributed by atoms with Crippen molar-refractivity contribution in [1.29, 1.82) is 5.26 Å². The molecule has 2 aromatic carbocycles. The van der Waals surface area contributed by atoms with Crippen LogP contribution in [-0.2, 0) is 0 Å². The first-order chi connectivity index (χ1) is 10.0. The van der Waals surface area contributed by atoms with E-state index in [2.05, 4.69) is 32.6 Å². The summed E-state index contributed by atoms with van der Waals surface area (Å²) in [4.78, 5) is 11.5. The Balaban J connectivity index is 2.35. The zero-order valence-corrected chi connectivity index (χ0v) is 12.9. The Morgan fingerprint density at radius 1 is 1.24 bits per heavy atom. The summed E-state index contributed by atoms with van der Waals surface area (Å²) < 4.78 is 0.851. The summed E-state index contributed by atoms with van der Waals surface area (Å²) in [5.41, 5.74) is 8.65. The number of halogens is 1. The van der Waals surface area contributed by atoms with Crippen LogP contribution in [0, 0.1) is 11.3 Å². The molecular weight excluding hydrogens is 332 g/mol. The largest absolute Gasteiger partial charge is 0.397 e. The van der Waals surface area contributed by atoms with Crippen molar-refractivity contribution in [3.63, 3.8) is 0 Å². The Kier molecular flexibility index (Phi) is 4.45. The van der Waals surface area contributed by atoms with Gasteiger partial charge < -0.3 is 16.4 Å². The van der Waals surface area contributed by atoms with E-state index in [1.807, 2.05) is 0 Å². The molecular formula is C15H13BrN4O. The van der Waals surface area contributed by atoms with Crippen LogP contribution in [-0.4, -0.2) is 13.0 Å². The van der Waals surface area contributed by atoms with Crippen LogP contribution in [0.2, 0.25) is 0 Å². The number of rotatable bonds is 3. The molecule has 0 heterocycles. The van der Waals surface area contributed by atoms with Gasteiger partial charge in [-0.25, -0.2) is 0 Å². The molecule has 0 fully saturated rings. The summed E-state index contributed by atoms with van der Waals surface area (Å²) in [5, 5.41) is 14.8. The Hall–Kier alpha value is -2.52. The Morgan fingerprint density at radius 2 is 2.00 bits per heavy atom. The first-order valence-corrected chi connectivity index (χ1v) is 6.92. The van der Waals surface area contributed by atoms with E-state index in [0.717, 1.165) is 4.47 Å². The molecule has 6 heteroatoms.